The van der Waals surface area contributed by atoms with E-state index in [9.17, 15) is 13.2 Å². The summed E-state index contributed by atoms with van der Waals surface area (Å²) in [4.78, 5) is 18.2. The molecule has 0 atom stereocenters. The third-order valence-electron chi connectivity index (χ3n) is 7.26. The molecule has 1 fully saturated rings. The first kappa shape index (κ1) is 28.4. The molecule has 4 aromatic rings. The molecule has 2 aromatic heterocycles. The van der Waals surface area contributed by atoms with E-state index in [4.69, 9.17) is 4.74 Å². The summed E-state index contributed by atoms with van der Waals surface area (Å²) in [5.41, 5.74) is 5.17. The Morgan fingerprint density at radius 2 is 1.85 bits per heavy atom. The summed E-state index contributed by atoms with van der Waals surface area (Å²) >= 11 is 0. The lowest BCUT2D eigenvalue weighted by atomic mass is 9.85. The van der Waals surface area contributed by atoms with Gasteiger partial charge < -0.3 is 14.6 Å². The highest BCUT2D eigenvalue weighted by atomic mass is 32.2. The summed E-state index contributed by atoms with van der Waals surface area (Å²) in [5.74, 6) is 1.37. The number of anilines is 2. The number of nitrogens with one attached hydrogen (secondary N) is 2. The average molecular weight is 577 g/mol. The van der Waals surface area contributed by atoms with Gasteiger partial charge in [-0.05, 0) is 60.6 Å². The maximum atomic E-state index is 13.6. The molecule has 1 saturated carbocycles. The van der Waals surface area contributed by atoms with Gasteiger partial charge >= 0.3 is 0 Å². The molecule has 0 radical (unpaired) electrons. The van der Waals surface area contributed by atoms with E-state index in [0.29, 0.717) is 11.6 Å². The quantitative estimate of drug-likeness (QED) is 0.290. The molecule has 1 aliphatic rings. The van der Waals surface area contributed by atoms with Crippen molar-refractivity contribution in [3.05, 3.63) is 71.4 Å². The third-order valence-corrected chi connectivity index (χ3v) is 7.85. The Hall–Kier alpha value is -4.12. The number of aryl methyl sites for hydroxylation is 1. The number of carbonyl (C=O) groups excluding carboxylic acids is 1. The van der Waals surface area contributed by atoms with Gasteiger partial charge in [0.1, 0.15) is 5.82 Å². The van der Waals surface area contributed by atoms with Crippen LogP contribution >= 0.6 is 0 Å². The fraction of sp³-hybridized carbons (Fsp3) is 0.367. The Morgan fingerprint density at radius 3 is 2.49 bits per heavy atom. The molecule has 1 aliphatic carbocycles. The molecule has 0 spiro atoms. The predicted molar refractivity (Wildman–Crippen MR) is 161 cm³/mol. The van der Waals surface area contributed by atoms with E-state index in [0.717, 1.165) is 40.2 Å². The maximum absolute atomic E-state index is 13.6. The van der Waals surface area contributed by atoms with Gasteiger partial charge in [-0.25, -0.2) is 18.1 Å². The zero-order chi connectivity index (χ0) is 29.7. The Kier molecular flexibility index (Phi) is 7.19. The number of carbonyl (C=O) groups is 1. The van der Waals surface area contributed by atoms with Crippen LogP contribution in [0.15, 0.2) is 48.9 Å². The zero-order valence-corrected chi connectivity index (χ0v) is 25.3. The van der Waals surface area contributed by atoms with Gasteiger partial charge in [-0.3, -0.25) is 9.52 Å². The van der Waals surface area contributed by atoms with Crippen molar-refractivity contribution in [3.8, 4) is 22.7 Å². The minimum absolute atomic E-state index is 0.145. The van der Waals surface area contributed by atoms with Crippen LogP contribution in [0.3, 0.4) is 0 Å². The summed E-state index contributed by atoms with van der Waals surface area (Å²) in [5, 5.41) is 7.56. The van der Waals surface area contributed by atoms with Gasteiger partial charge in [0.15, 0.2) is 5.75 Å². The van der Waals surface area contributed by atoms with Crippen LogP contribution in [0.1, 0.15) is 66.8 Å². The van der Waals surface area contributed by atoms with Gasteiger partial charge in [-0.15, -0.1) is 0 Å². The van der Waals surface area contributed by atoms with Crippen molar-refractivity contribution < 1.29 is 17.9 Å². The van der Waals surface area contributed by atoms with Gasteiger partial charge in [0.05, 0.1) is 48.4 Å². The molecule has 5 rings (SSSR count). The maximum Gasteiger partial charge on any atom is 0.259 e. The highest BCUT2D eigenvalue weighted by molar-refractivity contribution is 7.92. The van der Waals surface area contributed by atoms with Crippen LogP contribution < -0.4 is 14.8 Å². The predicted octanol–water partition coefficient (Wildman–Crippen LogP) is 5.39. The van der Waals surface area contributed by atoms with E-state index in [1.54, 1.807) is 16.8 Å². The minimum atomic E-state index is -3.61. The smallest absolute Gasteiger partial charge is 0.259 e. The molecule has 10 nitrogen and oxygen atoms in total. The van der Waals surface area contributed by atoms with E-state index in [2.05, 4.69) is 24.7 Å². The number of methoxy groups -OCH3 is 1. The summed E-state index contributed by atoms with van der Waals surface area (Å²) in [6, 6.07) is 9.03. The van der Waals surface area contributed by atoms with Gasteiger partial charge in [0, 0.05) is 30.4 Å². The van der Waals surface area contributed by atoms with Crippen molar-refractivity contribution in [3.63, 3.8) is 0 Å². The molecule has 1 amide bonds. The molecule has 41 heavy (non-hydrogen) atoms. The summed E-state index contributed by atoms with van der Waals surface area (Å²) < 4.78 is 36.1. The molecule has 216 valence electrons. The molecule has 2 aromatic carbocycles. The van der Waals surface area contributed by atoms with Gasteiger partial charge in [-0.2, -0.15) is 5.10 Å². The molecule has 0 saturated heterocycles. The molecule has 0 bridgehead atoms. The van der Waals surface area contributed by atoms with Crippen molar-refractivity contribution >= 4 is 27.3 Å². The van der Waals surface area contributed by atoms with Crippen LogP contribution in [-0.2, 0) is 22.5 Å². The molecule has 11 heteroatoms. The van der Waals surface area contributed by atoms with Crippen LogP contribution in [0.4, 0.5) is 11.4 Å². The van der Waals surface area contributed by atoms with Crippen LogP contribution in [0, 0.1) is 6.92 Å². The number of nitrogens with zero attached hydrogens (tertiary/aromatic N) is 4. The summed E-state index contributed by atoms with van der Waals surface area (Å²) in [6.45, 7) is 7.95. The Morgan fingerprint density at radius 1 is 1.12 bits per heavy atom. The fourth-order valence-electron chi connectivity index (χ4n) is 4.86. The molecule has 0 aliphatic heterocycles. The van der Waals surface area contributed by atoms with E-state index in [1.807, 2.05) is 71.5 Å². The zero-order valence-electron chi connectivity index (χ0n) is 24.4. The first-order chi connectivity index (χ1) is 19.2. The molecule has 2 heterocycles. The lowest BCUT2D eigenvalue weighted by Gasteiger charge is -2.23. The van der Waals surface area contributed by atoms with E-state index >= 15 is 0 Å². The highest BCUT2D eigenvalue weighted by Crippen LogP contribution is 2.40. The van der Waals surface area contributed by atoms with Gasteiger partial charge in [0.25, 0.3) is 5.91 Å². The number of rotatable bonds is 8. The number of aromatic nitrogens is 4. The lowest BCUT2D eigenvalue weighted by Crippen LogP contribution is -2.19. The van der Waals surface area contributed by atoms with Crippen LogP contribution in [-0.4, -0.2) is 47.0 Å². The number of sulfonamides is 1. The van der Waals surface area contributed by atoms with Crippen LogP contribution in [0.2, 0.25) is 0 Å². The number of benzene rings is 2. The lowest BCUT2D eigenvalue weighted by molar-refractivity contribution is 0.102. The van der Waals surface area contributed by atoms with E-state index in [-0.39, 0.29) is 22.4 Å². The monoisotopic (exact) mass is 576 g/mol. The summed E-state index contributed by atoms with van der Waals surface area (Å²) in [6.07, 6.45) is 9.10. The Balaban J connectivity index is 1.47. The first-order valence-electron chi connectivity index (χ1n) is 13.4. The average Bonchev–Trinajstić information content (AvgIpc) is 3.48. The van der Waals surface area contributed by atoms with Gasteiger partial charge in [-0.1, -0.05) is 26.8 Å². The van der Waals surface area contributed by atoms with Crippen LogP contribution in [0.25, 0.3) is 16.9 Å². The van der Waals surface area contributed by atoms with Crippen molar-refractivity contribution in [1.29, 1.82) is 0 Å². The number of ether oxygens (including phenoxy) is 1. The Bertz CT molecular complexity index is 1740. The standard InChI is InChI=1S/C30H36N6O4S/c1-18-8-11-22(14-25(18)36-17-20(15-32-36)26-16-31-28(35(26)5)19-9-10-19)33-29(37)23-12-21(30(2,3)4)13-24(27(23)40-6)34-41(7,38)39/h8,11-17,19,34H,9-10H2,1-7H3,(H,33,37). The molecular formula is C30H36N6O4S. The third kappa shape index (κ3) is 6.00. The van der Waals surface area contributed by atoms with Gasteiger partial charge in [0.2, 0.25) is 10.0 Å². The minimum Gasteiger partial charge on any atom is -0.494 e. The molecule has 0 unspecified atom stereocenters. The molecule has 2 N–H and O–H groups in total. The largest absolute Gasteiger partial charge is 0.494 e. The topological polar surface area (TPSA) is 120 Å². The molecular weight excluding hydrogens is 540 g/mol. The normalized spacial score (nSPS) is 13.7. The van der Waals surface area contributed by atoms with Crippen molar-refractivity contribution in [2.75, 3.05) is 23.4 Å². The van der Waals surface area contributed by atoms with E-state index in [1.165, 1.54) is 20.0 Å². The van der Waals surface area contributed by atoms with Crippen molar-refractivity contribution in [2.24, 2.45) is 7.05 Å². The first-order valence-corrected chi connectivity index (χ1v) is 15.3. The van der Waals surface area contributed by atoms with E-state index < -0.39 is 15.9 Å². The number of hydrogen-bond donors (Lipinski definition) is 2. The van der Waals surface area contributed by atoms with Crippen molar-refractivity contribution in [1.82, 2.24) is 19.3 Å². The number of imidazole rings is 1. The van der Waals surface area contributed by atoms with Crippen LogP contribution in [0.5, 0.6) is 5.75 Å². The second-order valence-electron chi connectivity index (χ2n) is 11.7. The second kappa shape index (κ2) is 10.4. The van der Waals surface area contributed by atoms with Crippen molar-refractivity contribution in [2.45, 2.75) is 51.9 Å². The second-order valence-corrected chi connectivity index (χ2v) is 13.4. The number of hydrogen-bond acceptors (Lipinski definition) is 6. The SMILES string of the molecule is COc1c(NS(C)(=O)=O)cc(C(C)(C)C)cc1C(=O)Nc1ccc(C)c(-n2cc(-c3cnc(C4CC4)n3C)cn2)c1. The fourth-order valence-corrected chi connectivity index (χ4v) is 5.41. The number of amides is 1. The summed E-state index contributed by atoms with van der Waals surface area (Å²) in [7, 11) is -0.168. The Labute approximate surface area is 240 Å². The highest BCUT2D eigenvalue weighted by Gasteiger charge is 2.29.